The molecule has 8 heterocycles. The Labute approximate surface area is 505 Å². The molecule has 4 fully saturated rings. The molecule has 2 amide bonds. The second kappa shape index (κ2) is 26.2. The van der Waals surface area contributed by atoms with Crippen LogP contribution < -0.4 is 50.0 Å². The van der Waals surface area contributed by atoms with E-state index in [0.717, 1.165) is 0 Å². The Morgan fingerprint density at radius 3 is 1.63 bits per heavy atom. The number of nitrogens with zero attached hydrogens (tertiary/aromatic N) is 8. The molecular formula is C58H66Cl4N12O10. The topological polar surface area (TPSA) is 251 Å². The van der Waals surface area contributed by atoms with Gasteiger partial charge in [0.05, 0.1) is 115 Å². The fourth-order valence-electron chi connectivity index (χ4n) is 10.9. The van der Waals surface area contributed by atoms with Gasteiger partial charge in [0.25, 0.3) is 0 Å². The summed E-state index contributed by atoms with van der Waals surface area (Å²) in [6.45, 7) is 14.5. The molecule has 0 radical (unpaired) electrons. The molecule has 84 heavy (non-hydrogen) atoms. The van der Waals surface area contributed by atoms with E-state index in [1.807, 2.05) is 26.0 Å². The lowest BCUT2D eigenvalue weighted by Gasteiger charge is -2.38. The minimum atomic E-state index is -0.852. The number of nitrogens with one attached hydrogen (secondary N) is 4. The minimum absolute atomic E-state index is 0.152. The number of carbonyl (C=O) groups excluding carboxylic acids is 2. The predicted octanol–water partition coefficient (Wildman–Crippen LogP) is 8.49. The van der Waals surface area contributed by atoms with E-state index < -0.39 is 11.7 Å². The molecule has 26 heteroatoms. The van der Waals surface area contributed by atoms with Crippen molar-refractivity contribution in [3.8, 4) is 45.5 Å². The number of rotatable bonds is 19. The van der Waals surface area contributed by atoms with Crippen LogP contribution in [0.4, 0.5) is 23.5 Å². The van der Waals surface area contributed by atoms with Crippen molar-refractivity contribution in [1.29, 1.82) is 0 Å². The van der Waals surface area contributed by atoms with Gasteiger partial charge in [0.1, 0.15) is 34.0 Å². The predicted molar refractivity (Wildman–Crippen MR) is 324 cm³/mol. The number of ether oxygens (including phenoxy) is 7. The SMILES string of the molecule is C=CC(=O)N[C@H]1CCOC[C@H]1Nc1ncc2cc(-c3c(Cl)c(OC)cc(OC)c3Cl)nc(N3CC(C)OC(CCOc4cc(OC)c(Cl)c(-c5cc6cnc(N[C@@H]7COCC[C@@H]7NC(=O)C=C)nc6c(N6CCC(C)(O)CC6)n5)c4Cl)C3)c2n1. The highest BCUT2D eigenvalue weighted by atomic mass is 35.5. The van der Waals surface area contributed by atoms with Gasteiger partial charge in [0.2, 0.25) is 23.7 Å². The maximum atomic E-state index is 12.4. The Bertz CT molecular complexity index is 3440. The number of carbonyl (C=O) groups is 2. The molecule has 10 rings (SSSR count). The fraction of sp³-hybridized carbons (Fsp3) is 0.448. The van der Waals surface area contributed by atoms with E-state index in [4.69, 9.17) is 109 Å². The first-order valence-electron chi connectivity index (χ1n) is 27.6. The largest absolute Gasteiger partial charge is 0.495 e. The number of benzene rings is 2. The van der Waals surface area contributed by atoms with E-state index in [0.29, 0.717) is 176 Å². The summed E-state index contributed by atoms with van der Waals surface area (Å²) in [5.41, 5.74) is 1.82. The van der Waals surface area contributed by atoms with Crippen molar-refractivity contribution >= 4 is 104 Å². The van der Waals surface area contributed by atoms with Crippen molar-refractivity contribution in [2.24, 2.45) is 0 Å². The van der Waals surface area contributed by atoms with Crippen LogP contribution in [0.3, 0.4) is 0 Å². The van der Waals surface area contributed by atoms with Crippen LogP contribution in [0.25, 0.3) is 44.3 Å². The van der Waals surface area contributed by atoms with Crippen LogP contribution in [0, 0.1) is 0 Å². The fourth-order valence-corrected chi connectivity index (χ4v) is 12.2. The van der Waals surface area contributed by atoms with E-state index in [1.54, 1.807) is 24.5 Å². The van der Waals surface area contributed by atoms with Crippen LogP contribution in [0.2, 0.25) is 20.1 Å². The average molecular weight is 1230 g/mol. The van der Waals surface area contributed by atoms with E-state index in [-0.39, 0.29) is 68.8 Å². The number of halogens is 4. The second-order valence-corrected chi connectivity index (χ2v) is 22.8. The van der Waals surface area contributed by atoms with Crippen LogP contribution in [0.5, 0.6) is 23.0 Å². The molecule has 22 nitrogen and oxygen atoms in total. The summed E-state index contributed by atoms with van der Waals surface area (Å²) in [5, 5.41) is 25.9. The van der Waals surface area contributed by atoms with Gasteiger partial charge < -0.3 is 69.3 Å². The molecule has 4 aliphatic heterocycles. The van der Waals surface area contributed by atoms with Crippen molar-refractivity contribution < 1.29 is 47.9 Å². The van der Waals surface area contributed by atoms with Crippen LogP contribution in [0.15, 0.2) is 62.0 Å². The Balaban J connectivity index is 0.947. The molecule has 0 aliphatic carbocycles. The van der Waals surface area contributed by atoms with Gasteiger partial charge in [0, 0.05) is 92.2 Å². The summed E-state index contributed by atoms with van der Waals surface area (Å²) in [6.07, 6.45) is 7.75. The van der Waals surface area contributed by atoms with Crippen molar-refractivity contribution in [3.63, 3.8) is 0 Å². The van der Waals surface area contributed by atoms with Crippen molar-refractivity contribution in [2.45, 2.75) is 87.9 Å². The van der Waals surface area contributed by atoms with Gasteiger partial charge in [-0.05, 0) is 63.8 Å². The molecular weight excluding hydrogens is 1170 g/mol. The number of aromatic nitrogens is 6. The van der Waals surface area contributed by atoms with Gasteiger partial charge in [-0.25, -0.2) is 29.9 Å². The number of aliphatic hydroxyl groups is 1. The smallest absolute Gasteiger partial charge is 0.243 e. The van der Waals surface area contributed by atoms with Crippen LogP contribution in [0.1, 0.15) is 46.0 Å². The molecule has 0 saturated carbocycles. The summed E-state index contributed by atoms with van der Waals surface area (Å²) >= 11 is 28.6. The van der Waals surface area contributed by atoms with E-state index in [2.05, 4.69) is 44.2 Å². The molecule has 0 spiro atoms. The highest BCUT2D eigenvalue weighted by molar-refractivity contribution is 6.42. The van der Waals surface area contributed by atoms with Gasteiger partial charge in [-0.15, -0.1) is 0 Å². The van der Waals surface area contributed by atoms with E-state index in [9.17, 15) is 14.7 Å². The first-order valence-corrected chi connectivity index (χ1v) is 29.1. The Morgan fingerprint density at radius 1 is 0.690 bits per heavy atom. The van der Waals surface area contributed by atoms with Gasteiger partial charge in [-0.1, -0.05) is 59.6 Å². The normalized spacial score (nSPS) is 21.5. The summed E-state index contributed by atoms with van der Waals surface area (Å²) in [5.74, 6) is 2.36. The molecule has 6 atom stereocenters. The molecule has 5 N–H and O–H groups in total. The van der Waals surface area contributed by atoms with Crippen molar-refractivity contribution in [1.82, 2.24) is 40.5 Å². The van der Waals surface area contributed by atoms with E-state index >= 15 is 0 Å². The lowest BCUT2D eigenvalue weighted by atomic mass is 9.94. The summed E-state index contributed by atoms with van der Waals surface area (Å²) in [7, 11) is 4.52. The lowest BCUT2D eigenvalue weighted by Crippen LogP contribution is -2.52. The molecule has 2 unspecified atom stereocenters. The monoisotopic (exact) mass is 1230 g/mol. The number of methoxy groups -OCH3 is 3. The zero-order chi connectivity index (χ0) is 59.4. The number of pyridine rings is 2. The molecule has 2 aromatic carbocycles. The minimum Gasteiger partial charge on any atom is -0.495 e. The maximum absolute atomic E-state index is 12.4. The first kappa shape index (κ1) is 60.4. The Hall–Kier alpha value is -6.76. The van der Waals surface area contributed by atoms with Gasteiger partial charge >= 0.3 is 0 Å². The van der Waals surface area contributed by atoms with Gasteiger partial charge in [-0.2, -0.15) is 0 Å². The average Bonchev–Trinajstić information content (AvgIpc) is 1.65. The number of hydrogen-bond donors (Lipinski definition) is 5. The maximum Gasteiger partial charge on any atom is 0.243 e. The van der Waals surface area contributed by atoms with Crippen LogP contribution in [-0.4, -0.2) is 169 Å². The molecule has 6 aromatic rings. The number of amides is 2. The number of piperidine rings is 1. The molecule has 4 aliphatic rings. The quantitative estimate of drug-likeness (QED) is 0.0477. The van der Waals surface area contributed by atoms with E-state index in [1.165, 1.54) is 33.5 Å². The zero-order valence-electron chi connectivity index (χ0n) is 47.1. The van der Waals surface area contributed by atoms with Crippen LogP contribution >= 0.6 is 46.4 Å². The third-order valence-corrected chi connectivity index (χ3v) is 16.9. The molecule has 4 saturated heterocycles. The summed E-state index contributed by atoms with van der Waals surface area (Å²) < 4.78 is 41.8. The Morgan fingerprint density at radius 2 is 1.15 bits per heavy atom. The lowest BCUT2D eigenvalue weighted by molar-refractivity contribution is -0.118. The molecule has 4 aromatic heterocycles. The number of hydrogen-bond acceptors (Lipinski definition) is 20. The molecule has 446 valence electrons. The summed E-state index contributed by atoms with van der Waals surface area (Å²) in [4.78, 5) is 58.9. The number of morpholine rings is 1. The molecule has 0 bridgehead atoms. The Kier molecular flexibility index (Phi) is 18.9. The highest BCUT2D eigenvalue weighted by Gasteiger charge is 2.35. The number of fused-ring (bicyclic) bond motifs is 2. The highest BCUT2D eigenvalue weighted by Crippen LogP contribution is 2.49. The third kappa shape index (κ3) is 13.2. The number of anilines is 4. The standard InChI is InChI=1S/C58H66Cl4N12O10/c1-8-44(75)65-34-11-17-81-28-38(34)69-56-63-24-31-20-37(67-54(52(31)71-56)73-15-13-58(4,77)14-16-73)47-50(61)42(80-7)23-43(51(47)62)83-19-10-33-27-74(26-30(3)84-33)55-53-32(21-36(68-55)46-48(59)40(78-5)22-41(79-6)49(46)60)25-64-57(72-53)70-39-29-82-18-12-35(39)66-45(76)9-2/h8-9,20-25,30,33-35,38-39,77H,1-2,10-19,26-29H2,3-7H3,(H,65,75)(H,66,76)(H,63,69,71)(H,64,70,72)/t30?,33?,34-,35-,38+,39+/m0/s1. The zero-order valence-corrected chi connectivity index (χ0v) is 50.1. The first-order chi connectivity index (χ1) is 40.5. The van der Waals surface area contributed by atoms with Gasteiger partial charge in [0.15, 0.2) is 11.6 Å². The van der Waals surface area contributed by atoms with Crippen LogP contribution in [-0.2, 0) is 23.8 Å². The third-order valence-electron chi connectivity index (χ3n) is 15.4. The van der Waals surface area contributed by atoms with Gasteiger partial charge in [-0.3, -0.25) is 9.59 Å². The van der Waals surface area contributed by atoms with Crippen molar-refractivity contribution in [2.75, 3.05) is 101 Å². The second-order valence-electron chi connectivity index (χ2n) is 21.3. The summed E-state index contributed by atoms with van der Waals surface area (Å²) in [6, 6.07) is 5.70. The van der Waals surface area contributed by atoms with Crippen molar-refractivity contribution in [3.05, 3.63) is 82.1 Å².